The summed E-state index contributed by atoms with van der Waals surface area (Å²) in [6, 6.07) is 13.5. The zero-order valence-electron chi connectivity index (χ0n) is 11.1. The number of benzene rings is 2. The van der Waals surface area contributed by atoms with E-state index in [0.29, 0.717) is 5.89 Å². The third kappa shape index (κ3) is 2.36. The summed E-state index contributed by atoms with van der Waals surface area (Å²) in [7, 11) is 0. The average Bonchev–Trinajstić information content (AvgIpc) is 2.88. The van der Waals surface area contributed by atoms with Gasteiger partial charge in [0.25, 0.3) is 0 Å². The Bertz CT molecular complexity index is 779. The Labute approximate surface area is 117 Å². The molecular formula is C17H13NO2. The van der Waals surface area contributed by atoms with Crippen LogP contribution in [0.2, 0.25) is 0 Å². The molecule has 0 saturated carbocycles. The van der Waals surface area contributed by atoms with Crippen molar-refractivity contribution in [3.63, 3.8) is 0 Å². The molecule has 20 heavy (non-hydrogen) atoms. The molecular weight excluding hydrogens is 250 g/mol. The lowest BCUT2D eigenvalue weighted by molar-refractivity contribution is 0.370. The van der Waals surface area contributed by atoms with E-state index in [4.69, 9.17) is 15.6 Å². The summed E-state index contributed by atoms with van der Waals surface area (Å²) in [5, 5.41) is 0. The number of aromatic nitrogens is 1. The highest BCUT2D eigenvalue weighted by molar-refractivity contribution is 5.76. The van der Waals surface area contributed by atoms with Crippen LogP contribution in [0, 0.1) is 19.3 Å². The fourth-order valence-corrected chi connectivity index (χ4v) is 1.98. The van der Waals surface area contributed by atoms with Crippen LogP contribution in [0.5, 0.6) is 5.75 Å². The zero-order chi connectivity index (χ0) is 13.9. The van der Waals surface area contributed by atoms with Crippen LogP contribution in [0.4, 0.5) is 0 Å². The molecule has 3 nitrogen and oxygen atoms in total. The molecule has 1 heterocycles. The van der Waals surface area contributed by atoms with E-state index < -0.39 is 0 Å². The molecule has 1 aromatic heterocycles. The first kappa shape index (κ1) is 12.3. The molecule has 98 valence electrons. The first-order chi connectivity index (χ1) is 9.76. The van der Waals surface area contributed by atoms with E-state index in [1.54, 1.807) is 0 Å². The fourth-order valence-electron chi connectivity index (χ4n) is 1.98. The Morgan fingerprint density at radius 2 is 2.00 bits per heavy atom. The van der Waals surface area contributed by atoms with Gasteiger partial charge in [-0.2, -0.15) is 0 Å². The molecule has 3 heteroatoms. The molecule has 2 aromatic carbocycles. The van der Waals surface area contributed by atoms with E-state index in [1.165, 1.54) is 0 Å². The second-order valence-electron chi connectivity index (χ2n) is 4.51. The summed E-state index contributed by atoms with van der Waals surface area (Å²) in [6.07, 6.45) is 5.15. The van der Waals surface area contributed by atoms with Crippen molar-refractivity contribution in [3.05, 3.63) is 48.0 Å². The summed E-state index contributed by atoms with van der Waals surface area (Å²) < 4.78 is 11.1. The molecule has 0 aliphatic carbocycles. The second kappa shape index (κ2) is 5.10. The highest BCUT2D eigenvalue weighted by atomic mass is 16.5. The Morgan fingerprint density at radius 3 is 2.75 bits per heavy atom. The van der Waals surface area contributed by atoms with Gasteiger partial charge in [-0.3, -0.25) is 0 Å². The molecule has 0 aliphatic heterocycles. The predicted molar refractivity (Wildman–Crippen MR) is 78.5 cm³/mol. The maximum atomic E-state index is 5.75. The number of oxazole rings is 1. The van der Waals surface area contributed by atoms with Crippen molar-refractivity contribution >= 4 is 11.1 Å². The van der Waals surface area contributed by atoms with Crippen LogP contribution in [0.25, 0.3) is 22.6 Å². The van der Waals surface area contributed by atoms with Crippen molar-refractivity contribution in [2.24, 2.45) is 0 Å². The summed E-state index contributed by atoms with van der Waals surface area (Å²) in [4.78, 5) is 4.50. The van der Waals surface area contributed by atoms with Crippen molar-refractivity contribution < 1.29 is 9.15 Å². The van der Waals surface area contributed by atoms with E-state index in [-0.39, 0.29) is 6.61 Å². The largest absolute Gasteiger partial charge is 0.481 e. The highest BCUT2D eigenvalue weighted by Gasteiger charge is 2.08. The summed E-state index contributed by atoms with van der Waals surface area (Å²) in [5.41, 5.74) is 3.73. The Kier molecular flexibility index (Phi) is 3.14. The third-order valence-electron chi connectivity index (χ3n) is 2.97. The van der Waals surface area contributed by atoms with E-state index in [2.05, 4.69) is 10.9 Å². The Balaban J connectivity index is 1.92. The van der Waals surface area contributed by atoms with Gasteiger partial charge in [0, 0.05) is 5.56 Å². The van der Waals surface area contributed by atoms with Crippen LogP contribution in [0.15, 0.2) is 46.9 Å². The second-order valence-corrected chi connectivity index (χ2v) is 4.51. The smallest absolute Gasteiger partial charge is 0.227 e. The van der Waals surface area contributed by atoms with Crippen LogP contribution in [-0.2, 0) is 0 Å². The van der Waals surface area contributed by atoms with Gasteiger partial charge in [0.2, 0.25) is 5.89 Å². The third-order valence-corrected chi connectivity index (χ3v) is 2.97. The van der Waals surface area contributed by atoms with Crippen molar-refractivity contribution in [1.29, 1.82) is 0 Å². The number of nitrogens with zero attached hydrogens (tertiary/aromatic N) is 1. The van der Waals surface area contributed by atoms with Gasteiger partial charge >= 0.3 is 0 Å². The van der Waals surface area contributed by atoms with Crippen LogP contribution < -0.4 is 4.74 Å². The van der Waals surface area contributed by atoms with Crippen LogP contribution in [0.1, 0.15) is 5.56 Å². The van der Waals surface area contributed by atoms with Gasteiger partial charge in [-0.05, 0) is 48.9 Å². The summed E-state index contributed by atoms with van der Waals surface area (Å²) in [5.74, 6) is 3.77. The summed E-state index contributed by atoms with van der Waals surface area (Å²) in [6.45, 7) is 2.30. The molecule has 0 radical (unpaired) electrons. The number of hydrogen-bond acceptors (Lipinski definition) is 3. The maximum absolute atomic E-state index is 5.75. The van der Waals surface area contributed by atoms with Crippen molar-refractivity contribution in [1.82, 2.24) is 4.98 Å². The Morgan fingerprint density at radius 1 is 1.20 bits per heavy atom. The molecule has 0 bridgehead atoms. The highest BCUT2D eigenvalue weighted by Crippen LogP contribution is 2.26. The van der Waals surface area contributed by atoms with Gasteiger partial charge in [-0.25, -0.2) is 4.98 Å². The minimum absolute atomic E-state index is 0.265. The molecule has 3 aromatic rings. The topological polar surface area (TPSA) is 35.3 Å². The average molecular weight is 263 g/mol. The molecule has 0 unspecified atom stereocenters. The minimum Gasteiger partial charge on any atom is -0.481 e. The van der Waals surface area contributed by atoms with Gasteiger partial charge in [-0.15, -0.1) is 6.42 Å². The van der Waals surface area contributed by atoms with E-state index in [0.717, 1.165) is 28.0 Å². The number of aryl methyl sites for hydroxylation is 1. The fraction of sp³-hybridized carbons (Fsp3) is 0.118. The summed E-state index contributed by atoms with van der Waals surface area (Å²) >= 11 is 0. The lowest BCUT2D eigenvalue weighted by Gasteiger charge is -2.01. The van der Waals surface area contributed by atoms with Crippen LogP contribution in [-0.4, -0.2) is 11.6 Å². The number of hydrogen-bond donors (Lipinski definition) is 0. The number of ether oxygens (including phenoxy) is 1. The van der Waals surface area contributed by atoms with Crippen molar-refractivity contribution in [2.75, 3.05) is 6.61 Å². The van der Waals surface area contributed by atoms with E-state index in [9.17, 15) is 0 Å². The quantitative estimate of drug-likeness (QED) is 0.674. The van der Waals surface area contributed by atoms with Gasteiger partial charge in [0.15, 0.2) is 5.58 Å². The molecule has 0 aliphatic rings. The van der Waals surface area contributed by atoms with Gasteiger partial charge < -0.3 is 9.15 Å². The molecule has 0 fully saturated rings. The van der Waals surface area contributed by atoms with Crippen LogP contribution in [0.3, 0.4) is 0 Å². The maximum Gasteiger partial charge on any atom is 0.227 e. The van der Waals surface area contributed by atoms with E-state index in [1.807, 2.05) is 49.4 Å². The Hall–Kier alpha value is -2.73. The van der Waals surface area contributed by atoms with Gasteiger partial charge in [0.1, 0.15) is 17.9 Å². The molecule has 0 spiro atoms. The zero-order valence-corrected chi connectivity index (χ0v) is 11.1. The van der Waals surface area contributed by atoms with Crippen molar-refractivity contribution in [2.45, 2.75) is 6.92 Å². The normalized spacial score (nSPS) is 10.4. The number of rotatable bonds is 3. The molecule has 3 rings (SSSR count). The lowest BCUT2D eigenvalue weighted by Crippen LogP contribution is -1.92. The van der Waals surface area contributed by atoms with Gasteiger partial charge in [0.05, 0.1) is 0 Å². The van der Waals surface area contributed by atoms with Crippen molar-refractivity contribution in [3.8, 4) is 29.5 Å². The van der Waals surface area contributed by atoms with E-state index >= 15 is 0 Å². The number of terminal acetylenes is 1. The van der Waals surface area contributed by atoms with Gasteiger partial charge in [-0.1, -0.05) is 12.0 Å². The minimum atomic E-state index is 0.265. The number of fused-ring (bicyclic) bond motifs is 1. The predicted octanol–water partition coefficient (Wildman–Crippen LogP) is 3.82. The monoisotopic (exact) mass is 263 g/mol. The first-order valence-electron chi connectivity index (χ1n) is 6.30. The first-order valence-corrected chi connectivity index (χ1v) is 6.30. The molecule has 0 atom stereocenters. The lowest BCUT2D eigenvalue weighted by atomic mass is 10.2. The molecule has 0 N–H and O–H groups in total. The standard InChI is InChI=1S/C17H13NO2/c1-3-10-19-14-7-5-13(6-8-14)17-18-15-11-12(2)4-9-16(15)20-17/h1,4-9,11H,10H2,2H3. The van der Waals surface area contributed by atoms with Crippen LogP contribution >= 0.6 is 0 Å². The SMILES string of the molecule is C#CCOc1ccc(-c2nc3cc(C)ccc3o2)cc1. The molecule has 0 amide bonds. The molecule has 0 saturated heterocycles.